The van der Waals surface area contributed by atoms with Crippen LogP contribution in [0.25, 0.3) is 16.4 Å². The molecule has 0 saturated heterocycles. The van der Waals surface area contributed by atoms with Crippen LogP contribution in [0.4, 0.5) is 0 Å². The lowest BCUT2D eigenvalue weighted by Crippen LogP contribution is -2.00. The van der Waals surface area contributed by atoms with E-state index in [-0.39, 0.29) is 0 Å². The molecule has 3 rings (SSSR count). The van der Waals surface area contributed by atoms with Gasteiger partial charge in [0.25, 0.3) is 0 Å². The maximum Gasteiger partial charge on any atom is 0.200 e. The number of aromatic nitrogens is 5. The zero-order chi connectivity index (χ0) is 13.4. The summed E-state index contributed by atoms with van der Waals surface area (Å²) in [5, 5.41) is 13.5. The summed E-state index contributed by atoms with van der Waals surface area (Å²) in [6.45, 7) is 4.18. The Morgan fingerprint density at radius 1 is 1.42 bits per heavy atom. The fourth-order valence-electron chi connectivity index (χ4n) is 1.83. The Balaban J connectivity index is 2.14. The molecule has 0 atom stereocenters. The molecule has 0 bridgehead atoms. The van der Waals surface area contributed by atoms with Crippen LogP contribution in [0, 0.1) is 4.77 Å². The quantitative estimate of drug-likeness (QED) is 0.752. The number of hydrogen-bond donors (Lipinski definition) is 1. The van der Waals surface area contributed by atoms with E-state index in [0.29, 0.717) is 10.8 Å². The highest BCUT2D eigenvalue weighted by atomic mass is 32.1. The van der Waals surface area contributed by atoms with Gasteiger partial charge in [0.15, 0.2) is 10.6 Å². The molecule has 0 spiro atoms. The number of nitrogens with one attached hydrogen (secondary N) is 1. The van der Waals surface area contributed by atoms with Crippen molar-refractivity contribution >= 4 is 23.6 Å². The van der Waals surface area contributed by atoms with E-state index in [1.807, 2.05) is 39.2 Å². The molecule has 3 heterocycles. The van der Waals surface area contributed by atoms with Crippen LogP contribution in [-0.2, 0) is 0 Å². The number of H-pyrrole nitrogens is 1. The molecule has 7 heteroatoms. The van der Waals surface area contributed by atoms with E-state index in [4.69, 9.17) is 12.2 Å². The number of nitrogens with zero attached hydrogens (tertiary/aromatic N) is 4. The predicted octanol–water partition coefficient (Wildman–Crippen LogP) is 3.44. The Morgan fingerprint density at radius 3 is 2.89 bits per heavy atom. The first-order valence-corrected chi connectivity index (χ1v) is 7.21. The van der Waals surface area contributed by atoms with Crippen molar-refractivity contribution in [3.8, 4) is 16.4 Å². The van der Waals surface area contributed by atoms with Gasteiger partial charge in [0, 0.05) is 12.2 Å². The Kier molecular flexibility index (Phi) is 3.08. The second-order valence-electron chi connectivity index (χ2n) is 4.44. The van der Waals surface area contributed by atoms with Crippen LogP contribution in [0.2, 0.25) is 0 Å². The molecule has 0 aliphatic heterocycles. The highest BCUT2D eigenvalue weighted by Gasteiger charge is 2.13. The zero-order valence-electron chi connectivity index (χ0n) is 10.6. The van der Waals surface area contributed by atoms with Crippen molar-refractivity contribution < 1.29 is 0 Å². The maximum atomic E-state index is 5.32. The van der Waals surface area contributed by atoms with Gasteiger partial charge in [-0.15, -0.1) is 11.3 Å². The van der Waals surface area contributed by atoms with E-state index in [1.54, 1.807) is 11.3 Å². The molecular formula is C12H13N5S2. The van der Waals surface area contributed by atoms with Crippen LogP contribution >= 0.6 is 23.6 Å². The summed E-state index contributed by atoms with van der Waals surface area (Å²) in [5.41, 5.74) is 0.927. The minimum absolute atomic E-state index is 0.319. The normalized spacial score (nSPS) is 11.3. The summed E-state index contributed by atoms with van der Waals surface area (Å²) in [6.07, 6.45) is 3.79. The molecule has 0 amide bonds. The van der Waals surface area contributed by atoms with Gasteiger partial charge in [-0.1, -0.05) is 6.07 Å². The molecule has 98 valence electrons. The largest absolute Gasteiger partial charge is 0.268 e. The summed E-state index contributed by atoms with van der Waals surface area (Å²) in [5.74, 6) is 0.823. The maximum absolute atomic E-state index is 5.32. The van der Waals surface area contributed by atoms with Crippen molar-refractivity contribution in [2.75, 3.05) is 0 Å². The van der Waals surface area contributed by atoms with Crippen molar-refractivity contribution in [2.45, 2.75) is 19.9 Å². The number of thiophene rings is 1. The number of rotatable bonds is 3. The van der Waals surface area contributed by atoms with E-state index < -0.39 is 0 Å². The first-order valence-electron chi connectivity index (χ1n) is 5.92. The third-order valence-corrected chi connectivity index (χ3v) is 3.93. The number of aromatic amines is 1. The summed E-state index contributed by atoms with van der Waals surface area (Å²) in [7, 11) is 0. The minimum Gasteiger partial charge on any atom is -0.268 e. The molecule has 5 nitrogen and oxygen atoms in total. The number of hydrogen-bond acceptors (Lipinski definition) is 4. The summed E-state index contributed by atoms with van der Waals surface area (Å²) in [4.78, 5) is 1.07. The van der Waals surface area contributed by atoms with Gasteiger partial charge in [-0.05, 0) is 37.5 Å². The van der Waals surface area contributed by atoms with Crippen LogP contribution in [0.3, 0.4) is 0 Å². The molecule has 19 heavy (non-hydrogen) atoms. The standard InChI is InChI=1S/C12H13N5S2/c1-8(2)16-7-9(6-13-16)17-11(14-15-12(17)18)10-4-3-5-19-10/h3-8H,1-2H3,(H,15,18). The molecule has 0 aromatic carbocycles. The lowest BCUT2D eigenvalue weighted by Gasteiger charge is -2.04. The average molecular weight is 291 g/mol. The molecule has 0 aliphatic carbocycles. The van der Waals surface area contributed by atoms with Crippen LogP contribution in [-0.4, -0.2) is 24.5 Å². The Morgan fingerprint density at radius 2 is 2.26 bits per heavy atom. The molecule has 0 unspecified atom stereocenters. The van der Waals surface area contributed by atoms with Crippen molar-refractivity contribution in [1.29, 1.82) is 0 Å². The molecule has 0 saturated carbocycles. The van der Waals surface area contributed by atoms with E-state index in [2.05, 4.69) is 29.1 Å². The van der Waals surface area contributed by atoms with E-state index in [9.17, 15) is 0 Å². The van der Waals surface area contributed by atoms with Gasteiger partial charge in [-0.25, -0.2) is 0 Å². The van der Waals surface area contributed by atoms with E-state index >= 15 is 0 Å². The van der Waals surface area contributed by atoms with E-state index in [1.165, 1.54) is 0 Å². The zero-order valence-corrected chi connectivity index (χ0v) is 12.2. The van der Waals surface area contributed by atoms with Crippen molar-refractivity contribution in [2.24, 2.45) is 0 Å². The first kappa shape index (κ1) is 12.3. The first-order chi connectivity index (χ1) is 9.16. The highest BCUT2D eigenvalue weighted by molar-refractivity contribution is 7.71. The monoisotopic (exact) mass is 291 g/mol. The van der Waals surface area contributed by atoms with Gasteiger partial charge in [-0.2, -0.15) is 10.2 Å². The Labute approximate surface area is 119 Å². The lowest BCUT2D eigenvalue weighted by atomic mass is 10.4. The van der Waals surface area contributed by atoms with Crippen LogP contribution in [0.5, 0.6) is 0 Å². The molecule has 3 aromatic heterocycles. The van der Waals surface area contributed by atoms with Gasteiger partial charge in [0.1, 0.15) is 0 Å². The van der Waals surface area contributed by atoms with Gasteiger partial charge in [0.05, 0.1) is 16.8 Å². The highest BCUT2D eigenvalue weighted by Crippen LogP contribution is 2.25. The fourth-order valence-corrected chi connectivity index (χ4v) is 2.77. The molecule has 3 aromatic rings. The smallest absolute Gasteiger partial charge is 0.200 e. The third kappa shape index (κ3) is 2.15. The second-order valence-corrected chi connectivity index (χ2v) is 5.77. The van der Waals surface area contributed by atoms with Gasteiger partial charge >= 0.3 is 0 Å². The van der Waals surface area contributed by atoms with Crippen LogP contribution in [0.15, 0.2) is 29.9 Å². The molecular weight excluding hydrogens is 278 g/mol. The summed E-state index contributed by atoms with van der Waals surface area (Å²) in [6, 6.07) is 4.35. The van der Waals surface area contributed by atoms with Gasteiger partial charge in [0.2, 0.25) is 0 Å². The minimum atomic E-state index is 0.319. The average Bonchev–Trinajstić information content (AvgIpc) is 3.07. The Hall–Kier alpha value is -1.73. The van der Waals surface area contributed by atoms with Crippen LogP contribution < -0.4 is 0 Å². The fraction of sp³-hybridized carbons (Fsp3) is 0.250. The molecule has 1 N–H and O–H groups in total. The van der Waals surface area contributed by atoms with Crippen molar-refractivity contribution in [3.05, 3.63) is 34.7 Å². The topological polar surface area (TPSA) is 51.4 Å². The predicted molar refractivity (Wildman–Crippen MR) is 78.2 cm³/mol. The van der Waals surface area contributed by atoms with Gasteiger partial charge < -0.3 is 0 Å². The molecule has 0 fully saturated rings. The van der Waals surface area contributed by atoms with Crippen LogP contribution in [0.1, 0.15) is 19.9 Å². The summed E-state index contributed by atoms with van der Waals surface area (Å²) >= 11 is 6.95. The van der Waals surface area contributed by atoms with Gasteiger partial charge in [-0.3, -0.25) is 14.3 Å². The van der Waals surface area contributed by atoms with E-state index in [0.717, 1.165) is 16.4 Å². The summed E-state index contributed by atoms with van der Waals surface area (Å²) < 4.78 is 4.39. The van der Waals surface area contributed by atoms with Crippen molar-refractivity contribution in [1.82, 2.24) is 24.5 Å². The third-order valence-electron chi connectivity index (χ3n) is 2.79. The molecule has 0 aliphatic rings. The SMILES string of the molecule is CC(C)n1cc(-n2c(-c3cccs3)n[nH]c2=S)cn1. The Bertz CT molecular complexity index is 732. The second kappa shape index (κ2) is 4.75. The lowest BCUT2D eigenvalue weighted by molar-refractivity contribution is 0.532. The molecule has 0 radical (unpaired) electrons. The van der Waals surface area contributed by atoms with Crippen molar-refractivity contribution in [3.63, 3.8) is 0 Å².